The van der Waals surface area contributed by atoms with Gasteiger partial charge in [-0.05, 0) is 17.7 Å². The third-order valence-corrected chi connectivity index (χ3v) is 5.64. The number of aliphatic hydroxyl groups is 2. The number of benzene rings is 2. The van der Waals surface area contributed by atoms with Crippen molar-refractivity contribution in [1.82, 2.24) is 9.97 Å². The SMILES string of the molecule is NC(Cc1c[nH]c2ccccc12)C(=O)O.O=P(O)(O)OCC(O)C(O)c1c[nH]c2ccccc12. The molecule has 0 amide bonds. The van der Waals surface area contributed by atoms with E-state index >= 15 is 0 Å². The highest BCUT2D eigenvalue weighted by Gasteiger charge is 2.25. The summed E-state index contributed by atoms with van der Waals surface area (Å²) in [5.74, 6) is -0.972. The molecule has 182 valence electrons. The van der Waals surface area contributed by atoms with E-state index < -0.39 is 38.6 Å². The van der Waals surface area contributed by atoms with E-state index in [0.717, 1.165) is 27.4 Å². The molecule has 0 radical (unpaired) electrons. The molecule has 0 bridgehead atoms. The van der Waals surface area contributed by atoms with Gasteiger partial charge in [0.1, 0.15) is 18.2 Å². The van der Waals surface area contributed by atoms with Crippen molar-refractivity contribution in [3.63, 3.8) is 0 Å². The Morgan fingerprint density at radius 3 is 2.15 bits per heavy atom. The summed E-state index contributed by atoms with van der Waals surface area (Å²) in [6, 6.07) is 14.1. The minimum absolute atomic E-state index is 0.347. The molecular formula is C22H26N3O8P. The summed E-state index contributed by atoms with van der Waals surface area (Å²) in [5, 5.41) is 30.1. The Bertz CT molecular complexity index is 1300. The van der Waals surface area contributed by atoms with Gasteiger partial charge in [-0.2, -0.15) is 0 Å². The zero-order valence-electron chi connectivity index (χ0n) is 17.9. The van der Waals surface area contributed by atoms with Crippen molar-refractivity contribution >= 4 is 35.6 Å². The van der Waals surface area contributed by atoms with Crippen molar-refractivity contribution in [2.24, 2.45) is 5.73 Å². The fourth-order valence-electron chi connectivity index (χ4n) is 3.44. The van der Waals surface area contributed by atoms with E-state index in [0.29, 0.717) is 12.0 Å². The Kier molecular flexibility index (Phi) is 8.24. The fourth-order valence-corrected chi connectivity index (χ4v) is 3.78. The molecule has 34 heavy (non-hydrogen) atoms. The number of aliphatic hydroxyl groups excluding tert-OH is 2. The number of aliphatic carboxylic acids is 1. The van der Waals surface area contributed by atoms with Crippen LogP contribution in [-0.4, -0.2) is 59.8 Å². The number of carbonyl (C=O) groups is 1. The molecule has 0 aliphatic carbocycles. The van der Waals surface area contributed by atoms with Crippen LogP contribution in [0.1, 0.15) is 17.2 Å². The van der Waals surface area contributed by atoms with Gasteiger partial charge in [-0.15, -0.1) is 0 Å². The maximum absolute atomic E-state index is 10.6. The molecule has 0 aliphatic rings. The average molecular weight is 491 g/mol. The van der Waals surface area contributed by atoms with Crippen LogP contribution in [0.2, 0.25) is 0 Å². The zero-order valence-corrected chi connectivity index (χ0v) is 18.8. The molecule has 0 saturated heterocycles. The van der Waals surface area contributed by atoms with Gasteiger partial charge < -0.3 is 40.8 Å². The highest BCUT2D eigenvalue weighted by Crippen LogP contribution is 2.37. The minimum atomic E-state index is -4.66. The Morgan fingerprint density at radius 1 is 0.971 bits per heavy atom. The normalized spacial score (nSPS) is 14.4. The highest BCUT2D eigenvalue weighted by atomic mass is 31.2. The van der Waals surface area contributed by atoms with E-state index in [1.54, 1.807) is 12.1 Å². The van der Waals surface area contributed by atoms with E-state index in [1.165, 1.54) is 6.20 Å². The van der Waals surface area contributed by atoms with Crippen molar-refractivity contribution in [2.75, 3.05) is 6.61 Å². The van der Waals surface area contributed by atoms with E-state index in [2.05, 4.69) is 14.5 Å². The molecule has 9 N–H and O–H groups in total. The lowest BCUT2D eigenvalue weighted by Crippen LogP contribution is -2.32. The Hall–Kier alpha value is -3.02. The first-order valence-electron chi connectivity index (χ1n) is 10.2. The molecule has 2 aromatic carbocycles. The number of rotatable bonds is 8. The van der Waals surface area contributed by atoms with Gasteiger partial charge >= 0.3 is 13.8 Å². The van der Waals surface area contributed by atoms with Gasteiger partial charge in [-0.3, -0.25) is 9.32 Å². The van der Waals surface area contributed by atoms with Crippen molar-refractivity contribution in [2.45, 2.75) is 24.7 Å². The van der Waals surface area contributed by atoms with Crippen molar-refractivity contribution < 1.29 is 39.0 Å². The van der Waals surface area contributed by atoms with Crippen LogP contribution in [0.5, 0.6) is 0 Å². The van der Waals surface area contributed by atoms with Gasteiger partial charge in [0.15, 0.2) is 0 Å². The van der Waals surface area contributed by atoms with Crippen LogP contribution in [0.4, 0.5) is 0 Å². The molecule has 4 aromatic rings. The van der Waals surface area contributed by atoms with E-state index in [1.807, 2.05) is 42.6 Å². The number of carboxylic acid groups (broad SMARTS) is 1. The van der Waals surface area contributed by atoms with Crippen molar-refractivity contribution in [3.05, 3.63) is 72.1 Å². The number of nitrogens with one attached hydrogen (secondary N) is 2. The number of aromatic nitrogens is 2. The number of nitrogens with two attached hydrogens (primary N) is 1. The van der Waals surface area contributed by atoms with Crippen LogP contribution in [0.3, 0.4) is 0 Å². The third kappa shape index (κ3) is 6.52. The number of fused-ring (bicyclic) bond motifs is 2. The molecular weight excluding hydrogens is 465 g/mol. The first kappa shape index (κ1) is 25.6. The first-order chi connectivity index (χ1) is 16.1. The molecule has 2 aromatic heterocycles. The zero-order chi connectivity index (χ0) is 24.9. The van der Waals surface area contributed by atoms with Crippen molar-refractivity contribution in [1.29, 1.82) is 0 Å². The van der Waals surface area contributed by atoms with Crippen LogP contribution in [0, 0.1) is 0 Å². The monoisotopic (exact) mass is 491 g/mol. The quantitative estimate of drug-likeness (QED) is 0.169. The smallest absolute Gasteiger partial charge is 0.469 e. The van der Waals surface area contributed by atoms with Crippen LogP contribution in [-0.2, 0) is 20.3 Å². The summed E-state index contributed by atoms with van der Waals surface area (Å²) in [7, 11) is -4.66. The number of hydrogen-bond donors (Lipinski definition) is 8. The summed E-state index contributed by atoms with van der Waals surface area (Å²) in [5.41, 5.74) is 8.67. The number of phosphoric ester groups is 1. The van der Waals surface area contributed by atoms with E-state index in [4.69, 9.17) is 20.6 Å². The van der Waals surface area contributed by atoms with Crippen LogP contribution in [0.25, 0.3) is 21.8 Å². The molecule has 11 nitrogen and oxygen atoms in total. The topological polar surface area (TPSA) is 202 Å². The number of hydrogen-bond acceptors (Lipinski definition) is 6. The second-order valence-corrected chi connectivity index (χ2v) is 8.84. The Balaban J connectivity index is 0.000000196. The van der Waals surface area contributed by atoms with Gasteiger partial charge in [0, 0.05) is 46.2 Å². The second kappa shape index (κ2) is 10.9. The average Bonchev–Trinajstić information content (AvgIpc) is 3.41. The largest absolute Gasteiger partial charge is 0.480 e. The number of carboxylic acids is 1. The number of H-pyrrole nitrogens is 2. The highest BCUT2D eigenvalue weighted by molar-refractivity contribution is 7.46. The summed E-state index contributed by atoms with van der Waals surface area (Å²) >= 11 is 0. The summed E-state index contributed by atoms with van der Waals surface area (Å²) in [4.78, 5) is 33.7. The number of aromatic amines is 2. The Morgan fingerprint density at radius 2 is 1.53 bits per heavy atom. The maximum Gasteiger partial charge on any atom is 0.469 e. The lowest BCUT2D eigenvalue weighted by atomic mass is 10.0. The molecule has 0 spiro atoms. The molecule has 0 fully saturated rings. The molecule has 3 atom stereocenters. The van der Waals surface area contributed by atoms with Crippen molar-refractivity contribution in [3.8, 4) is 0 Å². The third-order valence-electron chi connectivity index (χ3n) is 5.15. The predicted molar refractivity (Wildman–Crippen MR) is 125 cm³/mol. The summed E-state index contributed by atoms with van der Waals surface area (Å²) in [6.07, 6.45) is 0.956. The molecule has 0 aliphatic heterocycles. The molecule has 0 saturated carbocycles. The van der Waals surface area contributed by atoms with Gasteiger partial charge in [-0.25, -0.2) is 4.57 Å². The molecule has 2 heterocycles. The van der Waals surface area contributed by atoms with Gasteiger partial charge in [0.2, 0.25) is 0 Å². The van der Waals surface area contributed by atoms with Crippen LogP contribution < -0.4 is 5.73 Å². The Labute approximate surface area is 194 Å². The summed E-state index contributed by atoms with van der Waals surface area (Å²) in [6.45, 7) is -0.662. The van der Waals surface area contributed by atoms with Gasteiger partial charge in [-0.1, -0.05) is 36.4 Å². The predicted octanol–water partition coefficient (Wildman–Crippen LogP) is 1.79. The molecule has 3 unspecified atom stereocenters. The minimum Gasteiger partial charge on any atom is -0.480 e. The number of phosphoric acid groups is 1. The van der Waals surface area contributed by atoms with Gasteiger partial charge in [0.05, 0.1) is 6.61 Å². The summed E-state index contributed by atoms with van der Waals surface area (Å²) < 4.78 is 14.7. The standard InChI is InChI=1S/C11H12N2O2.C11H14NO6P/c12-9(11(14)15)5-7-6-13-10-4-2-1-3-8(7)10;13-10(6-18-19(15,16)17)11(14)8-5-12-9-4-2-1-3-7(8)9/h1-4,6,9,13H,5,12H2,(H,14,15);1-5,10-14H,6H2,(H2,15,16,17). The lowest BCUT2D eigenvalue weighted by molar-refractivity contribution is -0.138. The van der Waals surface area contributed by atoms with Crippen LogP contribution >= 0.6 is 7.82 Å². The molecule has 12 heteroatoms. The number of para-hydroxylation sites is 2. The second-order valence-electron chi connectivity index (χ2n) is 7.60. The fraction of sp³-hybridized carbons (Fsp3) is 0.227. The van der Waals surface area contributed by atoms with E-state index in [-0.39, 0.29) is 0 Å². The maximum atomic E-state index is 10.6. The van der Waals surface area contributed by atoms with Crippen LogP contribution in [0.15, 0.2) is 60.9 Å². The van der Waals surface area contributed by atoms with E-state index in [9.17, 15) is 19.6 Å². The first-order valence-corrected chi connectivity index (χ1v) is 11.8. The molecule has 4 rings (SSSR count). The van der Waals surface area contributed by atoms with Gasteiger partial charge in [0.25, 0.3) is 0 Å². The lowest BCUT2D eigenvalue weighted by Gasteiger charge is -2.17.